The first kappa shape index (κ1) is 21.0. The summed E-state index contributed by atoms with van der Waals surface area (Å²) in [5.74, 6) is -0.977. The number of carbonyl (C=O) groups excluding carboxylic acids is 1. The third kappa shape index (κ3) is 3.55. The third-order valence-corrected chi connectivity index (χ3v) is 7.39. The molecule has 1 heterocycles. The lowest BCUT2D eigenvalue weighted by atomic mass is 9.82. The molecule has 1 saturated carbocycles. The zero-order chi connectivity index (χ0) is 22.5. The molecule has 4 nitrogen and oxygen atoms in total. The summed E-state index contributed by atoms with van der Waals surface area (Å²) < 4.78 is 15.7. The lowest BCUT2D eigenvalue weighted by molar-refractivity contribution is 0.100. The summed E-state index contributed by atoms with van der Waals surface area (Å²) in [6.45, 7) is 5.46. The number of aryl methyl sites for hydroxylation is 1. The van der Waals surface area contributed by atoms with E-state index in [1.165, 1.54) is 24.5 Å². The number of benzene rings is 2. The van der Waals surface area contributed by atoms with Crippen LogP contribution < -0.4 is 5.73 Å². The van der Waals surface area contributed by atoms with E-state index in [1.807, 2.05) is 24.3 Å². The minimum atomic E-state index is -0.598. The van der Waals surface area contributed by atoms with Crippen LogP contribution in [-0.4, -0.2) is 35.9 Å². The Morgan fingerprint density at radius 2 is 2.09 bits per heavy atom. The van der Waals surface area contributed by atoms with E-state index in [-0.39, 0.29) is 11.4 Å². The summed E-state index contributed by atoms with van der Waals surface area (Å²) in [4.78, 5) is 17.9. The van der Waals surface area contributed by atoms with Crippen molar-refractivity contribution in [2.24, 2.45) is 11.1 Å². The van der Waals surface area contributed by atoms with Gasteiger partial charge in [0.2, 0.25) is 0 Å². The maximum Gasteiger partial charge on any atom is 0.250 e. The molecule has 0 bridgehead atoms. The molecule has 2 aliphatic rings. The fourth-order valence-corrected chi connectivity index (χ4v) is 5.39. The lowest BCUT2D eigenvalue weighted by Crippen LogP contribution is -2.21. The zero-order valence-electron chi connectivity index (χ0n) is 18.6. The molecule has 32 heavy (non-hydrogen) atoms. The summed E-state index contributed by atoms with van der Waals surface area (Å²) in [5.41, 5.74) is 11.9. The van der Waals surface area contributed by atoms with Crippen molar-refractivity contribution >= 4 is 16.8 Å². The van der Waals surface area contributed by atoms with Gasteiger partial charge < -0.3 is 15.6 Å². The van der Waals surface area contributed by atoms with Crippen LogP contribution in [-0.2, 0) is 19.3 Å². The van der Waals surface area contributed by atoms with Crippen molar-refractivity contribution in [1.29, 1.82) is 0 Å². The van der Waals surface area contributed by atoms with Crippen LogP contribution in [0.1, 0.15) is 46.4 Å². The maximum absolute atomic E-state index is 15.7. The maximum atomic E-state index is 15.7. The summed E-state index contributed by atoms with van der Waals surface area (Å²) in [6, 6.07) is 9.35. The van der Waals surface area contributed by atoms with Crippen molar-refractivity contribution in [2.45, 2.75) is 38.5 Å². The van der Waals surface area contributed by atoms with Crippen molar-refractivity contribution in [1.82, 2.24) is 9.88 Å². The number of nitrogens with zero attached hydrogens (tertiary/aromatic N) is 1. The van der Waals surface area contributed by atoms with Gasteiger partial charge in [0.15, 0.2) is 0 Å². The van der Waals surface area contributed by atoms with Crippen molar-refractivity contribution in [2.75, 3.05) is 20.1 Å². The number of nitrogens with one attached hydrogen (secondary N) is 1. The van der Waals surface area contributed by atoms with E-state index in [4.69, 9.17) is 5.73 Å². The molecule has 0 radical (unpaired) electrons. The molecule has 5 heteroatoms. The minimum Gasteiger partial charge on any atom is -0.366 e. The van der Waals surface area contributed by atoms with Gasteiger partial charge in [0.25, 0.3) is 5.91 Å². The summed E-state index contributed by atoms with van der Waals surface area (Å²) in [6.07, 6.45) is 8.20. The fourth-order valence-electron chi connectivity index (χ4n) is 5.39. The van der Waals surface area contributed by atoms with E-state index in [1.54, 1.807) is 0 Å². The van der Waals surface area contributed by atoms with Gasteiger partial charge in [0.05, 0.1) is 11.1 Å². The zero-order valence-corrected chi connectivity index (χ0v) is 18.6. The van der Waals surface area contributed by atoms with Crippen molar-refractivity contribution < 1.29 is 9.18 Å². The van der Waals surface area contributed by atoms with E-state index in [0.29, 0.717) is 16.5 Å². The standard InChI is InChI=1S/C27H30FN3O/c1-3-13-31(2)14-9-17-6-4-5-7-18(17)23-21(28)15-19(26(29)32)25-24(23)20-16-27(11-12-27)10-8-22(20)30-25/h3-7,15,30H,1,8-14,16H2,2H3,(H2,29,32). The second kappa shape index (κ2) is 7.89. The first-order valence-electron chi connectivity index (χ1n) is 11.5. The van der Waals surface area contributed by atoms with Crippen molar-refractivity contribution in [3.8, 4) is 11.1 Å². The van der Waals surface area contributed by atoms with Crippen LogP contribution >= 0.6 is 0 Å². The molecule has 2 aliphatic carbocycles. The van der Waals surface area contributed by atoms with Crippen LogP contribution in [0.2, 0.25) is 0 Å². The number of hydrogen-bond acceptors (Lipinski definition) is 2. The van der Waals surface area contributed by atoms with Crippen LogP contribution in [0.4, 0.5) is 4.39 Å². The molecule has 1 amide bonds. The number of fused-ring (bicyclic) bond motifs is 3. The number of aromatic nitrogens is 1. The Labute approximate surface area is 188 Å². The predicted octanol–water partition coefficient (Wildman–Crippen LogP) is 5.00. The van der Waals surface area contributed by atoms with E-state index in [0.717, 1.165) is 61.0 Å². The Morgan fingerprint density at radius 1 is 1.31 bits per heavy atom. The molecule has 5 rings (SSSR count). The van der Waals surface area contributed by atoms with Gasteiger partial charge in [-0.1, -0.05) is 30.3 Å². The number of rotatable bonds is 7. The second-order valence-corrected chi connectivity index (χ2v) is 9.61. The Morgan fingerprint density at radius 3 is 2.81 bits per heavy atom. The number of aromatic amines is 1. The topological polar surface area (TPSA) is 62.1 Å². The van der Waals surface area contributed by atoms with Gasteiger partial charge >= 0.3 is 0 Å². The van der Waals surface area contributed by atoms with Gasteiger partial charge in [-0.3, -0.25) is 4.79 Å². The number of nitrogens with two attached hydrogens (primary N) is 1. The quantitative estimate of drug-likeness (QED) is 0.517. The monoisotopic (exact) mass is 431 g/mol. The Balaban J connectivity index is 1.69. The van der Waals surface area contributed by atoms with Gasteiger partial charge in [-0.15, -0.1) is 6.58 Å². The van der Waals surface area contributed by atoms with Crippen LogP contribution in [0.5, 0.6) is 0 Å². The SMILES string of the molecule is C=CCN(C)CCc1ccccc1-c1c(F)cc(C(N)=O)c2[nH]c3c(c12)CC1(CC3)CC1. The lowest BCUT2D eigenvalue weighted by Gasteiger charge is -2.22. The molecule has 3 N–H and O–H groups in total. The molecule has 0 atom stereocenters. The smallest absolute Gasteiger partial charge is 0.250 e. The number of likely N-dealkylation sites (N-methyl/N-ethyl adjacent to an activating group) is 1. The average Bonchev–Trinajstić information content (AvgIpc) is 3.42. The van der Waals surface area contributed by atoms with Gasteiger partial charge in [0.1, 0.15) is 5.82 Å². The molecule has 2 aromatic carbocycles. The second-order valence-electron chi connectivity index (χ2n) is 9.61. The van der Waals surface area contributed by atoms with E-state index >= 15 is 4.39 Å². The first-order valence-corrected chi connectivity index (χ1v) is 11.5. The molecule has 0 saturated heterocycles. The summed E-state index contributed by atoms with van der Waals surface area (Å²) in [7, 11) is 2.06. The number of amides is 1. The Hall–Kier alpha value is -2.92. The van der Waals surface area contributed by atoms with Gasteiger partial charge in [-0.25, -0.2) is 4.39 Å². The molecular formula is C27H30FN3O. The third-order valence-electron chi connectivity index (χ3n) is 7.39. The molecule has 0 unspecified atom stereocenters. The summed E-state index contributed by atoms with van der Waals surface area (Å²) in [5, 5.41) is 0.853. The van der Waals surface area contributed by atoms with Crippen molar-refractivity contribution in [3.63, 3.8) is 0 Å². The Bertz CT molecular complexity index is 1220. The summed E-state index contributed by atoms with van der Waals surface area (Å²) >= 11 is 0. The molecular weight excluding hydrogens is 401 g/mol. The van der Waals surface area contributed by atoms with Crippen LogP contribution in [0.25, 0.3) is 22.0 Å². The van der Waals surface area contributed by atoms with Crippen LogP contribution in [0.15, 0.2) is 43.0 Å². The van der Waals surface area contributed by atoms with Gasteiger partial charge in [-0.2, -0.15) is 0 Å². The van der Waals surface area contributed by atoms with Crippen LogP contribution in [0, 0.1) is 11.2 Å². The number of halogens is 1. The highest BCUT2D eigenvalue weighted by Gasteiger charge is 2.46. The number of hydrogen-bond donors (Lipinski definition) is 2. The first-order chi connectivity index (χ1) is 15.4. The van der Waals surface area contributed by atoms with E-state index in [9.17, 15) is 4.79 Å². The highest BCUT2D eigenvalue weighted by atomic mass is 19.1. The molecule has 1 spiro atoms. The highest BCUT2D eigenvalue weighted by molar-refractivity contribution is 6.11. The molecule has 1 fully saturated rings. The molecule has 1 aromatic heterocycles. The largest absolute Gasteiger partial charge is 0.366 e. The fraction of sp³-hybridized carbons (Fsp3) is 0.370. The van der Waals surface area contributed by atoms with Gasteiger partial charge in [0, 0.05) is 29.7 Å². The van der Waals surface area contributed by atoms with Crippen LogP contribution in [0.3, 0.4) is 0 Å². The number of carbonyl (C=O) groups is 1. The van der Waals surface area contributed by atoms with Gasteiger partial charge in [-0.05, 0) is 73.7 Å². The number of H-pyrrole nitrogens is 1. The molecule has 3 aromatic rings. The highest BCUT2D eigenvalue weighted by Crippen LogP contribution is 2.56. The van der Waals surface area contributed by atoms with E-state index in [2.05, 4.69) is 29.6 Å². The normalized spacial score (nSPS) is 16.5. The Kier molecular flexibility index (Phi) is 5.17. The molecule has 166 valence electrons. The predicted molar refractivity (Wildman–Crippen MR) is 127 cm³/mol. The minimum absolute atomic E-state index is 0.240. The average molecular weight is 432 g/mol. The van der Waals surface area contributed by atoms with Crippen molar-refractivity contribution in [3.05, 3.63) is 71.2 Å². The molecule has 0 aliphatic heterocycles. The van der Waals surface area contributed by atoms with E-state index < -0.39 is 5.91 Å². The number of primary amides is 1.